The van der Waals surface area contributed by atoms with Crippen LogP contribution in [0.5, 0.6) is 0 Å². The number of hydrogen-bond acceptors (Lipinski definition) is 5. The molecular weight excluding hydrogens is 334 g/mol. The van der Waals surface area contributed by atoms with Gasteiger partial charge in [0.2, 0.25) is 5.78 Å². The number of aryl methyl sites for hydroxylation is 1. The molecule has 0 spiro atoms. The van der Waals surface area contributed by atoms with Gasteiger partial charge in [0.15, 0.2) is 5.82 Å². The van der Waals surface area contributed by atoms with E-state index in [2.05, 4.69) is 9.97 Å². The van der Waals surface area contributed by atoms with Crippen molar-refractivity contribution < 1.29 is 9.59 Å². The lowest BCUT2D eigenvalue weighted by Gasteiger charge is -2.32. The van der Waals surface area contributed by atoms with Gasteiger partial charge in [-0.15, -0.1) is 0 Å². The Morgan fingerprint density at radius 2 is 2.19 bits per heavy atom. The number of pyridine rings is 1. The lowest BCUT2D eigenvalue weighted by molar-refractivity contribution is 0.0632. The van der Waals surface area contributed by atoms with Crippen molar-refractivity contribution in [1.82, 2.24) is 19.4 Å². The molecule has 1 aliphatic heterocycles. The lowest BCUT2D eigenvalue weighted by atomic mass is 9.92. The van der Waals surface area contributed by atoms with Crippen molar-refractivity contribution in [2.24, 2.45) is 13.0 Å². The molecule has 2 aromatic heterocycles. The van der Waals surface area contributed by atoms with Gasteiger partial charge in [0.05, 0.1) is 5.56 Å². The molecule has 1 atom stereocenters. The van der Waals surface area contributed by atoms with Gasteiger partial charge < -0.3 is 14.5 Å². The maximum Gasteiger partial charge on any atom is 0.266 e. The van der Waals surface area contributed by atoms with E-state index in [-0.39, 0.29) is 28.7 Å². The number of piperidine rings is 1. The van der Waals surface area contributed by atoms with Crippen LogP contribution in [0.3, 0.4) is 0 Å². The van der Waals surface area contributed by atoms with E-state index in [1.165, 1.54) is 6.20 Å². The zero-order valence-electron chi connectivity index (χ0n) is 14.7. The summed E-state index contributed by atoms with van der Waals surface area (Å²) in [6.45, 7) is 2.41. The molecular formula is C18H19N5O3. The van der Waals surface area contributed by atoms with E-state index in [0.29, 0.717) is 37.3 Å². The number of carbonyl (C=O) groups excluding carboxylic acids is 2. The van der Waals surface area contributed by atoms with E-state index in [1.807, 2.05) is 6.07 Å². The van der Waals surface area contributed by atoms with Crippen LogP contribution in [0.2, 0.25) is 0 Å². The summed E-state index contributed by atoms with van der Waals surface area (Å²) in [7, 11) is 1.76. The smallest absolute Gasteiger partial charge is 0.266 e. The van der Waals surface area contributed by atoms with Gasteiger partial charge in [-0.1, -0.05) is 0 Å². The van der Waals surface area contributed by atoms with Gasteiger partial charge in [-0.2, -0.15) is 5.26 Å². The van der Waals surface area contributed by atoms with Crippen LogP contribution in [0.25, 0.3) is 0 Å². The highest BCUT2D eigenvalue weighted by Crippen LogP contribution is 2.22. The molecule has 8 heteroatoms. The molecule has 3 heterocycles. The zero-order valence-corrected chi connectivity index (χ0v) is 14.7. The number of hydrogen-bond donors (Lipinski definition) is 1. The normalized spacial score (nSPS) is 17.0. The molecule has 134 valence electrons. The number of aromatic amines is 1. The minimum Gasteiger partial charge on any atom is -0.338 e. The van der Waals surface area contributed by atoms with E-state index >= 15 is 0 Å². The van der Waals surface area contributed by atoms with E-state index in [0.717, 1.165) is 0 Å². The third-order valence-corrected chi connectivity index (χ3v) is 4.82. The van der Waals surface area contributed by atoms with E-state index in [1.54, 1.807) is 35.8 Å². The number of nitriles is 1. The molecule has 1 saturated heterocycles. The maximum absolute atomic E-state index is 12.9. The summed E-state index contributed by atoms with van der Waals surface area (Å²) < 4.78 is 1.67. The fraction of sp³-hybridized carbons (Fsp3) is 0.389. The van der Waals surface area contributed by atoms with Gasteiger partial charge in [0.25, 0.3) is 11.5 Å². The summed E-state index contributed by atoms with van der Waals surface area (Å²) in [6, 6.07) is 1.83. The summed E-state index contributed by atoms with van der Waals surface area (Å²) in [6.07, 6.45) is 6.03. The lowest BCUT2D eigenvalue weighted by Crippen LogP contribution is -2.43. The molecule has 2 aromatic rings. The second-order valence-electron chi connectivity index (χ2n) is 6.46. The van der Waals surface area contributed by atoms with Crippen LogP contribution < -0.4 is 5.56 Å². The third kappa shape index (κ3) is 3.04. The number of ketones is 1. The predicted octanol–water partition coefficient (Wildman–Crippen LogP) is 1.02. The van der Waals surface area contributed by atoms with Crippen LogP contribution in [0.1, 0.15) is 44.9 Å². The topological polar surface area (TPSA) is 112 Å². The van der Waals surface area contributed by atoms with Crippen LogP contribution in [0.15, 0.2) is 23.4 Å². The van der Waals surface area contributed by atoms with Crippen molar-refractivity contribution in [2.75, 3.05) is 13.1 Å². The van der Waals surface area contributed by atoms with Crippen LogP contribution in [0.4, 0.5) is 0 Å². The molecule has 0 unspecified atom stereocenters. The van der Waals surface area contributed by atoms with E-state index < -0.39 is 5.56 Å². The van der Waals surface area contributed by atoms with Crippen molar-refractivity contribution in [2.45, 2.75) is 19.8 Å². The summed E-state index contributed by atoms with van der Waals surface area (Å²) in [5.74, 6) is -0.290. The predicted molar refractivity (Wildman–Crippen MR) is 92.7 cm³/mol. The summed E-state index contributed by atoms with van der Waals surface area (Å²) in [4.78, 5) is 45.4. The first-order chi connectivity index (χ1) is 12.4. The van der Waals surface area contributed by atoms with Gasteiger partial charge in [0, 0.05) is 44.6 Å². The molecule has 1 N–H and O–H groups in total. The first kappa shape index (κ1) is 17.6. The van der Waals surface area contributed by atoms with Gasteiger partial charge in [-0.05, 0) is 25.3 Å². The van der Waals surface area contributed by atoms with Crippen LogP contribution in [-0.2, 0) is 7.05 Å². The molecule has 0 bridgehead atoms. The Labute approximate surface area is 150 Å². The van der Waals surface area contributed by atoms with Crippen LogP contribution >= 0.6 is 0 Å². The highest BCUT2D eigenvalue weighted by atomic mass is 16.2. The number of carbonyl (C=O) groups is 2. The number of Topliss-reactive ketones (excluding diaryl/α,β-unsaturated/α-hetero) is 1. The Balaban J connectivity index is 1.83. The van der Waals surface area contributed by atoms with Gasteiger partial charge in [-0.3, -0.25) is 14.4 Å². The second-order valence-corrected chi connectivity index (χ2v) is 6.46. The van der Waals surface area contributed by atoms with Crippen molar-refractivity contribution in [3.8, 4) is 6.07 Å². The van der Waals surface area contributed by atoms with Crippen molar-refractivity contribution >= 4 is 11.7 Å². The van der Waals surface area contributed by atoms with Crippen molar-refractivity contribution in [3.05, 3.63) is 51.5 Å². The molecule has 0 saturated carbocycles. The Bertz CT molecular complexity index is 966. The zero-order chi connectivity index (χ0) is 18.8. The first-order valence-corrected chi connectivity index (χ1v) is 8.37. The number of nitrogens with one attached hydrogen (secondary N) is 1. The minimum atomic E-state index is -0.511. The molecule has 0 aliphatic carbocycles. The quantitative estimate of drug-likeness (QED) is 0.828. The average Bonchev–Trinajstić information content (AvgIpc) is 3.07. The average molecular weight is 353 g/mol. The number of amides is 1. The fourth-order valence-corrected chi connectivity index (χ4v) is 3.31. The van der Waals surface area contributed by atoms with Gasteiger partial charge >= 0.3 is 0 Å². The first-order valence-electron chi connectivity index (χ1n) is 8.37. The van der Waals surface area contributed by atoms with Gasteiger partial charge in [-0.25, -0.2) is 4.98 Å². The SMILES string of the molecule is Cc1c(C(=O)N2CCC[C@H](C(=O)c3nccn3C)C2)c[nH]c(=O)c1C#N. The number of imidazole rings is 1. The highest BCUT2D eigenvalue weighted by molar-refractivity contribution is 5.98. The number of aromatic nitrogens is 3. The Kier molecular flexibility index (Phi) is 4.71. The van der Waals surface area contributed by atoms with E-state index in [9.17, 15) is 14.4 Å². The number of H-pyrrole nitrogens is 1. The summed E-state index contributed by atoms with van der Waals surface area (Å²) in [5.41, 5.74) is 0.0709. The second kappa shape index (κ2) is 6.96. The van der Waals surface area contributed by atoms with Crippen molar-refractivity contribution in [3.63, 3.8) is 0 Å². The number of rotatable bonds is 3. The number of likely N-dealkylation sites (tertiary alicyclic amines) is 1. The standard InChI is InChI=1S/C18H19N5O3/c1-11-13(8-19)17(25)21-9-14(11)18(26)23-6-3-4-12(10-23)15(24)16-20-5-7-22(16)2/h5,7,9,12H,3-4,6,10H2,1-2H3,(H,21,25)/t12-/m0/s1. The molecule has 0 aromatic carbocycles. The molecule has 26 heavy (non-hydrogen) atoms. The maximum atomic E-state index is 12.9. The fourth-order valence-electron chi connectivity index (χ4n) is 3.31. The summed E-state index contributed by atoms with van der Waals surface area (Å²) in [5, 5.41) is 9.11. The van der Waals surface area contributed by atoms with Crippen LogP contribution in [0, 0.1) is 24.2 Å². The van der Waals surface area contributed by atoms with E-state index in [4.69, 9.17) is 5.26 Å². The molecule has 0 radical (unpaired) electrons. The Morgan fingerprint density at radius 1 is 1.42 bits per heavy atom. The van der Waals surface area contributed by atoms with Crippen molar-refractivity contribution in [1.29, 1.82) is 5.26 Å². The molecule has 8 nitrogen and oxygen atoms in total. The van der Waals surface area contributed by atoms with Crippen LogP contribution in [-0.4, -0.2) is 44.2 Å². The minimum absolute atomic E-state index is 0.0616. The number of nitrogens with zero attached hydrogens (tertiary/aromatic N) is 4. The molecule has 1 aliphatic rings. The summed E-state index contributed by atoms with van der Waals surface area (Å²) >= 11 is 0. The third-order valence-electron chi connectivity index (χ3n) is 4.82. The van der Waals surface area contributed by atoms with Gasteiger partial charge in [0.1, 0.15) is 11.6 Å². The molecule has 1 amide bonds. The highest BCUT2D eigenvalue weighted by Gasteiger charge is 2.32. The molecule has 3 rings (SSSR count). The molecule has 1 fully saturated rings. The largest absolute Gasteiger partial charge is 0.338 e. The monoisotopic (exact) mass is 353 g/mol. The Hall–Kier alpha value is -3.21. The Morgan fingerprint density at radius 3 is 2.85 bits per heavy atom.